The Hall–Kier alpha value is -1.70. The molecule has 136 valence electrons. The summed E-state index contributed by atoms with van der Waals surface area (Å²) >= 11 is 1.35. The first-order chi connectivity index (χ1) is 12.1. The third kappa shape index (κ3) is 3.94. The molecule has 2 aromatic rings. The van der Waals surface area contributed by atoms with Gasteiger partial charge in [-0.15, -0.1) is 11.3 Å². The number of nitrogens with two attached hydrogens (primary N) is 1. The normalized spacial score (nSPS) is 15.0. The summed E-state index contributed by atoms with van der Waals surface area (Å²) in [5.41, 5.74) is 9.22. The number of nitrogens with zero attached hydrogens (tertiary/aromatic N) is 1. The first kappa shape index (κ1) is 18.1. The molecule has 6 nitrogen and oxygen atoms in total. The van der Waals surface area contributed by atoms with Gasteiger partial charge in [0, 0.05) is 25.3 Å². The molecular formula is C18H25N3O3S. The van der Waals surface area contributed by atoms with Gasteiger partial charge in [0.15, 0.2) is 6.29 Å². The van der Waals surface area contributed by atoms with Gasteiger partial charge in [-0.1, -0.05) is 12.8 Å². The summed E-state index contributed by atoms with van der Waals surface area (Å²) in [5, 5.41) is 3.70. The van der Waals surface area contributed by atoms with Crippen LogP contribution in [-0.2, 0) is 22.3 Å². The number of methoxy groups -OCH3 is 2. The van der Waals surface area contributed by atoms with Crippen molar-refractivity contribution in [3.8, 4) is 0 Å². The molecule has 1 amide bonds. The van der Waals surface area contributed by atoms with E-state index in [0.29, 0.717) is 10.6 Å². The van der Waals surface area contributed by atoms with Gasteiger partial charge in [0.25, 0.3) is 5.91 Å². The van der Waals surface area contributed by atoms with Crippen LogP contribution in [0.2, 0.25) is 0 Å². The summed E-state index contributed by atoms with van der Waals surface area (Å²) in [4.78, 5) is 18.7. The van der Waals surface area contributed by atoms with E-state index in [4.69, 9.17) is 20.2 Å². The van der Waals surface area contributed by atoms with Crippen LogP contribution in [0.25, 0.3) is 10.2 Å². The van der Waals surface area contributed by atoms with Crippen molar-refractivity contribution in [2.75, 3.05) is 26.5 Å². The van der Waals surface area contributed by atoms with Crippen molar-refractivity contribution >= 4 is 33.1 Å². The molecule has 25 heavy (non-hydrogen) atoms. The van der Waals surface area contributed by atoms with Gasteiger partial charge in [-0.05, 0) is 37.3 Å². The molecule has 1 aliphatic rings. The summed E-state index contributed by atoms with van der Waals surface area (Å²) in [6, 6.07) is 2.14. The maximum Gasteiger partial charge on any atom is 0.263 e. The Morgan fingerprint density at radius 2 is 2.00 bits per heavy atom. The zero-order valence-corrected chi connectivity index (χ0v) is 15.6. The predicted octanol–water partition coefficient (Wildman–Crippen LogP) is 2.89. The molecule has 0 bridgehead atoms. The summed E-state index contributed by atoms with van der Waals surface area (Å²) in [6.07, 6.45) is 6.47. The maximum absolute atomic E-state index is 12.5. The second-order valence-corrected chi connectivity index (χ2v) is 7.32. The summed E-state index contributed by atoms with van der Waals surface area (Å²) < 4.78 is 10.2. The SMILES string of the molecule is COC(CNC(=O)c1sc2nc3c(cc2c1N)CCCCCC3)OC. The molecule has 3 rings (SSSR count). The van der Waals surface area contributed by atoms with E-state index in [2.05, 4.69) is 11.4 Å². The first-order valence-electron chi connectivity index (χ1n) is 8.68. The number of fused-ring (bicyclic) bond motifs is 2. The summed E-state index contributed by atoms with van der Waals surface area (Å²) in [5.74, 6) is -0.216. The molecule has 0 atom stereocenters. The van der Waals surface area contributed by atoms with E-state index in [0.717, 1.165) is 23.1 Å². The highest BCUT2D eigenvalue weighted by Crippen LogP contribution is 2.35. The molecule has 0 aliphatic heterocycles. The van der Waals surface area contributed by atoms with Gasteiger partial charge < -0.3 is 20.5 Å². The number of hydrogen-bond donors (Lipinski definition) is 2. The Kier molecular flexibility index (Phi) is 5.88. The number of aromatic nitrogens is 1. The second-order valence-electron chi connectivity index (χ2n) is 6.32. The number of nitrogens with one attached hydrogen (secondary N) is 1. The Labute approximate surface area is 151 Å². The van der Waals surface area contributed by atoms with Crippen molar-refractivity contribution in [3.05, 3.63) is 22.2 Å². The van der Waals surface area contributed by atoms with E-state index in [1.54, 1.807) is 0 Å². The van der Waals surface area contributed by atoms with Crippen LogP contribution in [0, 0.1) is 0 Å². The van der Waals surface area contributed by atoms with Crippen LogP contribution in [0.15, 0.2) is 6.07 Å². The number of anilines is 1. The number of carbonyl (C=O) groups is 1. The van der Waals surface area contributed by atoms with Gasteiger partial charge in [0.2, 0.25) is 0 Å². The molecule has 0 fully saturated rings. The third-order valence-corrected chi connectivity index (χ3v) is 5.77. The molecule has 0 radical (unpaired) electrons. The van der Waals surface area contributed by atoms with Crippen LogP contribution in [0.3, 0.4) is 0 Å². The van der Waals surface area contributed by atoms with Crippen molar-refractivity contribution in [2.45, 2.75) is 44.8 Å². The van der Waals surface area contributed by atoms with Crippen molar-refractivity contribution in [3.63, 3.8) is 0 Å². The van der Waals surface area contributed by atoms with E-state index >= 15 is 0 Å². The van der Waals surface area contributed by atoms with Gasteiger partial charge in [0.1, 0.15) is 9.71 Å². The van der Waals surface area contributed by atoms with Crippen LogP contribution in [0.4, 0.5) is 5.69 Å². The van der Waals surface area contributed by atoms with Crippen molar-refractivity contribution in [2.24, 2.45) is 0 Å². The molecular weight excluding hydrogens is 338 g/mol. The molecule has 1 aliphatic carbocycles. The van der Waals surface area contributed by atoms with Gasteiger partial charge in [-0.25, -0.2) is 4.98 Å². The van der Waals surface area contributed by atoms with Gasteiger partial charge in [-0.3, -0.25) is 4.79 Å². The van der Waals surface area contributed by atoms with Gasteiger partial charge in [-0.2, -0.15) is 0 Å². The predicted molar refractivity (Wildman–Crippen MR) is 100 cm³/mol. The molecule has 0 unspecified atom stereocenters. The van der Waals surface area contributed by atoms with E-state index < -0.39 is 6.29 Å². The van der Waals surface area contributed by atoms with Crippen LogP contribution >= 0.6 is 11.3 Å². The molecule has 2 aromatic heterocycles. The highest BCUT2D eigenvalue weighted by Gasteiger charge is 2.20. The monoisotopic (exact) mass is 363 g/mol. The Balaban J connectivity index is 1.87. The molecule has 0 saturated heterocycles. The number of pyridine rings is 1. The Morgan fingerprint density at radius 1 is 1.28 bits per heavy atom. The second kappa shape index (κ2) is 8.12. The third-order valence-electron chi connectivity index (χ3n) is 4.66. The van der Waals surface area contributed by atoms with E-state index in [-0.39, 0.29) is 12.5 Å². The molecule has 2 heterocycles. The summed E-state index contributed by atoms with van der Waals surface area (Å²) in [7, 11) is 3.07. The zero-order chi connectivity index (χ0) is 17.8. The minimum atomic E-state index is -0.475. The smallest absolute Gasteiger partial charge is 0.263 e. The lowest BCUT2D eigenvalue weighted by Crippen LogP contribution is -2.34. The minimum Gasteiger partial charge on any atom is -0.397 e. The molecule has 0 spiro atoms. The fourth-order valence-electron chi connectivity index (χ4n) is 3.20. The first-order valence-corrected chi connectivity index (χ1v) is 9.50. The quantitative estimate of drug-likeness (QED) is 0.798. The fourth-order valence-corrected chi connectivity index (χ4v) is 4.21. The van der Waals surface area contributed by atoms with Crippen LogP contribution in [0.5, 0.6) is 0 Å². The van der Waals surface area contributed by atoms with Crippen molar-refractivity contribution in [1.29, 1.82) is 0 Å². The topological polar surface area (TPSA) is 86.5 Å². The summed E-state index contributed by atoms with van der Waals surface area (Å²) in [6.45, 7) is 0.267. The highest BCUT2D eigenvalue weighted by atomic mass is 32.1. The van der Waals surface area contributed by atoms with Crippen molar-refractivity contribution < 1.29 is 14.3 Å². The number of aryl methyl sites for hydroxylation is 2. The molecule has 0 saturated carbocycles. The van der Waals surface area contributed by atoms with Gasteiger partial charge >= 0.3 is 0 Å². The fraction of sp³-hybridized carbons (Fsp3) is 0.556. The number of nitrogen functional groups attached to an aromatic ring is 1. The van der Waals surface area contributed by atoms with Crippen LogP contribution < -0.4 is 11.1 Å². The molecule has 3 N–H and O–H groups in total. The van der Waals surface area contributed by atoms with Crippen molar-refractivity contribution in [1.82, 2.24) is 10.3 Å². The van der Waals surface area contributed by atoms with Gasteiger partial charge in [0.05, 0.1) is 12.2 Å². The minimum absolute atomic E-state index is 0.216. The number of carbonyl (C=O) groups excluding carboxylic acids is 1. The number of rotatable bonds is 5. The lowest BCUT2D eigenvalue weighted by molar-refractivity contribution is -0.0974. The van der Waals surface area contributed by atoms with E-state index in [1.165, 1.54) is 62.5 Å². The molecule has 0 aromatic carbocycles. The zero-order valence-electron chi connectivity index (χ0n) is 14.8. The van der Waals surface area contributed by atoms with Crippen LogP contribution in [-0.4, -0.2) is 37.9 Å². The lowest BCUT2D eigenvalue weighted by atomic mass is 9.96. The van der Waals surface area contributed by atoms with E-state index in [9.17, 15) is 4.79 Å². The van der Waals surface area contributed by atoms with E-state index in [1.807, 2.05) is 0 Å². The lowest BCUT2D eigenvalue weighted by Gasteiger charge is -2.13. The molecule has 7 heteroatoms. The number of thiophene rings is 1. The Morgan fingerprint density at radius 3 is 2.72 bits per heavy atom. The Bertz CT molecular complexity index is 756. The highest BCUT2D eigenvalue weighted by molar-refractivity contribution is 7.21. The number of amides is 1. The standard InChI is InChI=1S/C18H25N3O3S/c1-23-14(24-2)10-20-17(22)16-15(19)12-9-11-7-5-3-4-6-8-13(11)21-18(12)25-16/h9,14H,3-8,10,19H2,1-2H3,(H,20,22). The average molecular weight is 363 g/mol. The largest absolute Gasteiger partial charge is 0.397 e. The number of ether oxygens (including phenoxy) is 2. The van der Waals surface area contributed by atoms with Crippen LogP contribution in [0.1, 0.15) is 46.6 Å². The number of hydrogen-bond acceptors (Lipinski definition) is 6. The maximum atomic E-state index is 12.5. The average Bonchev–Trinajstić information content (AvgIpc) is 2.91.